The van der Waals surface area contributed by atoms with Crippen molar-refractivity contribution in [2.75, 3.05) is 0 Å². The van der Waals surface area contributed by atoms with Crippen molar-refractivity contribution in [2.45, 2.75) is 20.8 Å². The molecule has 0 radical (unpaired) electrons. The van der Waals surface area contributed by atoms with E-state index >= 15 is 0 Å². The summed E-state index contributed by atoms with van der Waals surface area (Å²) in [7, 11) is 0. The Kier molecular flexibility index (Phi) is 5.89. The van der Waals surface area contributed by atoms with E-state index in [0.717, 1.165) is 16.8 Å². The summed E-state index contributed by atoms with van der Waals surface area (Å²) in [6.45, 7) is 13.2. The maximum absolute atomic E-state index is 5.83. The molecular weight excluding hydrogens is 194 g/mol. The molecule has 14 heavy (non-hydrogen) atoms. The highest BCUT2D eigenvalue weighted by Gasteiger charge is 2.01. The molecule has 1 rings (SSSR count). The van der Waals surface area contributed by atoms with Crippen LogP contribution in [0.2, 0.25) is 5.15 Å². The van der Waals surface area contributed by atoms with Gasteiger partial charge in [0.25, 0.3) is 0 Å². The Morgan fingerprint density at radius 3 is 2.29 bits per heavy atom. The second kappa shape index (κ2) is 6.39. The second-order valence-corrected chi connectivity index (χ2v) is 2.84. The first-order valence-corrected chi connectivity index (χ1v) is 4.99. The highest BCUT2D eigenvalue weighted by atomic mass is 35.5. The lowest BCUT2D eigenvalue weighted by Gasteiger charge is -2.02. The summed E-state index contributed by atoms with van der Waals surface area (Å²) in [5.74, 6) is 0. The second-order valence-electron chi connectivity index (χ2n) is 2.48. The third-order valence-corrected chi connectivity index (χ3v) is 2.01. The molecule has 1 aromatic rings. The number of aryl methyl sites for hydroxylation is 1. The van der Waals surface area contributed by atoms with Gasteiger partial charge in [0.2, 0.25) is 0 Å². The largest absolute Gasteiger partial charge is 0.236 e. The molecule has 2 heteroatoms. The molecule has 0 unspecified atom stereocenters. The number of halogens is 1. The van der Waals surface area contributed by atoms with Crippen LogP contribution in [0.1, 0.15) is 30.7 Å². The molecule has 0 aliphatic rings. The predicted octanol–water partition coefficient (Wildman–Crippen LogP) is 4.36. The van der Waals surface area contributed by atoms with Gasteiger partial charge in [-0.3, -0.25) is 0 Å². The first kappa shape index (κ1) is 12.9. The molecule has 1 heterocycles. The molecule has 0 bridgehead atoms. The summed E-state index contributed by atoms with van der Waals surface area (Å²) in [4.78, 5) is 4.14. The molecule has 1 aromatic heterocycles. The van der Waals surface area contributed by atoms with Crippen LogP contribution in [0.15, 0.2) is 19.2 Å². The smallest absolute Gasteiger partial charge is 0.132 e. The van der Waals surface area contributed by atoms with Crippen LogP contribution in [0, 0.1) is 6.92 Å². The van der Waals surface area contributed by atoms with Crippen molar-refractivity contribution < 1.29 is 0 Å². The summed E-state index contributed by atoms with van der Waals surface area (Å²) in [5, 5.41) is 0.524. The van der Waals surface area contributed by atoms with Crippen LogP contribution >= 0.6 is 11.6 Å². The van der Waals surface area contributed by atoms with Crippen molar-refractivity contribution in [2.24, 2.45) is 0 Å². The summed E-state index contributed by atoms with van der Waals surface area (Å²) in [5.41, 5.74) is 2.70. The fourth-order valence-electron chi connectivity index (χ4n) is 0.952. The van der Waals surface area contributed by atoms with Gasteiger partial charge in [-0.2, -0.15) is 0 Å². The van der Waals surface area contributed by atoms with Gasteiger partial charge in [0, 0.05) is 0 Å². The van der Waals surface area contributed by atoms with E-state index in [4.69, 9.17) is 11.6 Å². The average Bonchev–Trinajstić information content (AvgIpc) is 2.24. The zero-order valence-corrected chi connectivity index (χ0v) is 9.73. The monoisotopic (exact) mass is 209 g/mol. The van der Waals surface area contributed by atoms with Gasteiger partial charge >= 0.3 is 0 Å². The molecule has 0 aromatic carbocycles. The van der Waals surface area contributed by atoms with Crippen LogP contribution in [0.5, 0.6) is 0 Å². The van der Waals surface area contributed by atoms with Crippen LogP contribution in [-0.2, 0) is 0 Å². The molecular formula is C12H16ClN. The van der Waals surface area contributed by atoms with Gasteiger partial charge in [-0.15, -0.1) is 0 Å². The Morgan fingerprint density at radius 1 is 1.29 bits per heavy atom. The first-order valence-electron chi connectivity index (χ1n) is 4.61. The SMILES string of the molecule is C=Cc1cc(C)c(Cl)nc1C=C.CC. The minimum atomic E-state index is 0.524. The average molecular weight is 210 g/mol. The Bertz CT molecular complexity index is 296. The highest BCUT2D eigenvalue weighted by Crippen LogP contribution is 2.18. The third-order valence-electron chi connectivity index (χ3n) is 1.63. The van der Waals surface area contributed by atoms with E-state index in [2.05, 4.69) is 18.1 Å². The Hall–Kier alpha value is -1.08. The molecule has 1 nitrogen and oxygen atoms in total. The van der Waals surface area contributed by atoms with E-state index in [-0.39, 0.29) is 0 Å². The fraction of sp³-hybridized carbons (Fsp3) is 0.250. The fourth-order valence-corrected chi connectivity index (χ4v) is 1.10. The van der Waals surface area contributed by atoms with Crippen molar-refractivity contribution in [3.8, 4) is 0 Å². The Labute approximate surface area is 91.1 Å². The first-order chi connectivity index (χ1) is 6.69. The van der Waals surface area contributed by atoms with Crippen LogP contribution in [-0.4, -0.2) is 4.98 Å². The lowest BCUT2D eigenvalue weighted by Crippen LogP contribution is -1.89. The van der Waals surface area contributed by atoms with Gasteiger partial charge in [-0.1, -0.05) is 44.7 Å². The molecule has 0 amide bonds. The minimum Gasteiger partial charge on any atom is -0.236 e. The standard InChI is InChI=1S/C10H10ClN.C2H6/c1-4-8-6-7(3)10(11)12-9(8)5-2;1-2/h4-6H,1-2H2,3H3;1-2H3. The molecule has 0 atom stereocenters. The number of hydrogen-bond acceptors (Lipinski definition) is 1. The van der Waals surface area contributed by atoms with Crippen molar-refractivity contribution in [1.29, 1.82) is 0 Å². The number of nitrogens with zero attached hydrogens (tertiary/aromatic N) is 1. The van der Waals surface area contributed by atoms with Gasteiger partial charge in [-0.05, 0) is 30.2 Å². The number of aromatic nitrogens is 1. The third kappa shape index (κ3) is 3.00. The van der Waals surface area contributed by atoms with Crippen LogP contribution < -0.4 is 0 Å². The molecule has 0 aliphatic carbocycles. The lowest BCUT2D eigenvalue weighted by atomic mass is 10.1. The topological polar surface area (TPSA) is 12.9 Å². The zero-order chi connectivity index (χ0) is 11.1. The summed E-state index contributed by atoms with van der Waals surface area (Å²) < 4.78 is 0. The van der Waals surface area contributed by atoms with Crippen LogP contribution in [0.4, 0.5) is 0 Å². The zero-order valence-electron chi connectivity index (χ0n) is 8.97. The number of rotatable bonds is 2. The van der Waals surface area contributed by atoms with Gasteiger partial charge < -0.3 is 0 Å². The minimum absolute atomic E-state index is 0.524. The predicted molar refractivity (Wildman–Crippen MR) is 65.5 cm³/mol. The summed E-state index contributed by atoms with van der Waals surface area (Å²) in [6, 6.07) is 1.94. The lowest BCUT2D eigenvalue weighted by molar-refractivity contribution is 1.23. The molecule has 0 aliphatic heterocycles. The van der Waals surface area contributed by atoms with E-state index < -0.39 is 0 Å². The normalized spacial score (nSPS) is 8.57. The van der Waals surface area contributed by atoms with Gasteiger partial charge in [0.1, 0.15) is 5.15 Å². The Morgan fingerprint density at radius 2 is 1.86 bits per heavy atom. The van der Waals surface area contributed by atoms with Crippen molar-refractivity contribution >= 4 is 23.8 Å². The number of pyridine rings is 1. The highest BCUT2D eigenvalue weighted by molar-refractivity contribution is 6.30. The summed E-state index contributed by atoms with van der Waals surface area (Å²) >= 11 is 5.83. The molecule has 0 saturated heterocycles. The molecule has 0 N–H and O–H groups in total. The molecule has 0 saturated carbocycles. The van der Waals surface area contributed by atoms with Crippen molar-refractivity contribution in [3.05, 3.63) is 41.2 Å². The number of hydrogen-bond donors (Lipinski definition) is 0. The van der Waals surface area contributed by atoms with Gasteiger partial charge in [0.15, 0.2) is 0 Å². The van der Waals surface area contributed by atoms with E-state index in [9.17, 15) is 0 Å². The molecule has 0 fully saturated rings. The summed E-state index contributed by atoms with van der Waals surface area (Å²) in [6.07, 6.45) is 3.41. The maximum atomic E-state index is 5.83. The van der Waals surface area contributed by atoms with E-state index in [1.54, 1.807) is 12.2 Å². The molecule has 76 valence electrons. The van der Waals surface area contributed by atoms with Crippen molar-refractivity contribution in [3.63, 3.8) is 0 Å². The van der Waals surface area contributed by atoms with E-state index in [0.29, 0.717) is 5.15 Å². The van der Waals surface area contributed by atoms with Gasteiger partial charge in [0.05, 0.1) is 5.69 Å². The van der Waals surface area contributed by atoms with Crippen molar-refractivity contribution in [1.82, 2.24) is 4.98 Å². The van der Waals surface area contributed by atoms with Crippen LogP contribution in [0.3, 0.4) is 0 Å². The van der Waals surface area contributed by atoms with E-state index in [1.165, 1.54) is 0 Å². The molecule has 0 spiro atoms. The quantitative estimate of drug-likeness (QED) is 0.660. The van der Waals surface area contributed by atoms with E-state index in [1.807, 2.05) is 26.8 Å². The maximum Gasteiger partial charge on any atom is 0.132 e. The van der Waals surface area contributed by atoms with Crippen LogP contribution in [0.25, 0.3) is 12.2 Å². The Balaban J connectivity index is 0.000000791. The van der Waals surface area contributed by atoms with Gasteiger partial charge in [-0.25, -0.2) is 4.98 Å².